The summed E-state index contributed by atoms with van der Waals surface area (Å²) in [6.45, 7) is 0.391. The van der Waals surface area contributed by atoms with E-state index in [-0.39, 0.29) is 6.61 Å². The van der Waals surface area contributed by atoms with E-state index in [0.717, 1.165) is 16.3 Å². The second-order valence-corrected chi connectivity index (χ2v) is 6.00. The summed E-state index contributed by atoms with van der Waals surface area (Å²) in [4.78, 5) is 14.5. The highest BCUT2D eigenvalue weighted by atomic mass is 32.2. The molecule has 1 aromatic carbocycles. The minimum absolute atomic E-state index is 0.00917. The van der Waals surface area contributed by atoms with Crippen molar-refractivity contribution in [3.05, 3.63) is 54.7 Å². The zero-order chi connectivity index (χ0) is 17.5. The van der Waals surface area contributed by atoms with Crippen LogP contribution in [0.2, 0.25) is 0 Å². The van der Waals surface area contributed by atoms with Gasteiger partial charge in [0.25, 0.3) is 0 Å². The van der Waals surface area contributed by atoms with Crippen molar-refractivity contribution in [2.24, 2.45) is 0 Å². The maximum absolute atomic E-state index is 9.04. The minimum Gasteiger partial charge on any atom is -0.395 e. The first-order valence-electron chi connectivity index (χ1n) is 7.85. The van der Waals surface area contributed by atoms with E-state index in [2.05, 4.69) is 31.7 Å². The molecule has 2 heterocycles. The van der Waals surface area contributed by atoms with Gasteiger partial charge < -0.3 is 15.7 Å². The molecule has 0 unspecified atom stereocenters. The van der Waals surface area contributed by atoms with E-state index in [1.165, 1.54) is 0 Å². The lowest BCUT2D eigenvalue weighted by Crippen LogP contribution is -2.10. The van der Waals surface area contributed by atoms with Gasteiger partial charge in [-0.15, -0.1) is 11.8 Å². The van der Waals surface area contributed by atoms with E-state index in [1.54, 1.807) is 18.0 Å². The summed E-state index contributed by atoms with van der Waals surface area (Å²) >= 11 is 1.67. The molecule has 0 radical (unpaired) electrons. The average Bonchev–Trinajstić information content (AvgIpc) is 2.67. The predicted molar refractivity (Wildman–Crippen MR) is 102 cm³/mol. The van der Waals surface area contributed by atoms with Crippen molar-refractivity contribution in [1.82, 2.24) is 15.0 Å². The van der Waals surface area contributed by atoms with Gasteiger partial charge in [-0.2, -0.15) is 4.98 Å². The fourth-order valence-corrected chi connectivity index (χ4v) is 2.84. The van der Waals surface area contributed by atoms with Crippen LogP contribution in [-0.2, 0) is 0 Å². The SMILES string of the molecule is CSc1ccccc1Nc1cc(-c2ccccn2)nc(NCCO)n1. The van der Waals surface area contributed by atoms with Crippen molar-refractivity contribution in [3.8, 4) is 11.4 Å². The molecular formula is C18H19N5OS. The van der Waals surface area contributed by atoms with E-state index in [1.807, 2.05) is 48.7 Å². The zero-order valence-corrected chi connectivity index (χ0v) is 14.6. The molecule has 0 aliphatic rings. The standard InChI is InChI=1S/C18H19N5OS/c1-25-16-8-3-2-7-14(16)21-17-12-15(13-6-4-5-9-19-13)22-18(23-17)20-10-11-24/h2-9,12,24H,10-11H2,1H3,(H2,20,21,22,23). The Morgan fingerprint density at radius 1 is 1.04 bits per heavy atom. The monoisotopic (exact) mass is 353 g/mol. The van der Waals surface area contributed by atoms with Crippen LogP contribution in [-0.4, -0.2) is 39.5 Å². The van der Waals surface area contributed by atoms with E-state index in [4.69, 9.17) is 5.11 Å². The molecule has 0 saturated carbocycles. The summed E-state index contributed by atoms with van der Waals surface area (Å²) in [5.41, 5.74) is 2.45. The third-order valence-electron chi connectivity index (χ3n) is 3.42. The second kappa shape index (κ2) is 8.46. The number of thioether (sulfide) groups is 1. The Balaban J connectivity index is 1.97. The molecule has 3 aromatic rings. The predicted octanol–water partition coefficient (Wildman–Crippen LogP) is 3.41. The molecule has 0 aliphatic carbocycles. The van der Waals surface area contributed by atoms with Crippen molar-refractivity contribution in [2.45, 2.75) is 4.90 Å². The topological polar surface area (TPSA) is 83.0 Å². The number of hydrogen-bond acceptors (Lipinski definition) is 7. The van der Waals surface area contributed by atoms with Crippen LogP contribution in [0, 0.1) is 0 Å². The Hall–Kier alpha value is -2.64. The van der Waals surface area contributed by atoms with Crippen LogP contribution >= 0.6 is 11.8 Å². The summed E-state index contributed by atoms with van der Waals surface area (Å²) in [6.07, 6.45) is 3.77. The first-order chi connectivity index (χ1) is 12.3. The van der Waals surface area contributed by atoms with E-state index >= 15 is 0 Å². The average molecular weight is 353 g/mol. The number of pyridine rings is 1. The fraction of sp³-hybridized carbons (Fsp3) is 0.167. The van der Waals surface area contributed by atoms with E-state index in [0.29, 0.717) is 24.0 Å². The molecular weight excluding hydrogens is 334 g/mol. The maximum atomic E-state index is 9.04. The van der Waals surface area contributed by atoms with Crippen LogP contribution in [0.5, 0.6) is 0 Å². The van der Waals surface area contributed by atoms with Crippen LogP contribution in [0.25, 0.3) is 11.4 Å². The maximum Gasteiger partial charge on any atom is 0.225 e. The molecule has 25 heavy (non-hydrogen) atoms. The van der Waals surface area contributed by atoms with Crippen LogP contribution in [0.4, 0.5) is 17.5 Å². The Morgan fingerprint density at radius 2 is 1.88 bits per heavy atom. The second-order valence-electron chi connectivity index (χ2n) is 5.15. The van der Waals surface area contributed by atoms with Crippen molar-refractivity contribution in [3.63, 3.8) is 0 Å². The van der Waals surface area contributed by atoms with Gasteiger partial charge in [-0.25, -0.2) is 4.98 Å². The quantitative estimate of drug-likeness (QED) is 0.561. The number of rotatable bonds is 7. The highest BCUT2D eigenvalue weighted by Crippen LogP contribution is 2.28. The van der Waals surface area contributed by atoms with Crippen molar-refractivity contribution < 1.29 is 5.11 Å². The molecule has 0 saturated heterocycles. The Bertz CT molecular complexity index is 829. The number of nitrogens with zero attached hydrogens (tertiary/aromatic N) is 3. The molecule has 3 N–H and O–H groups in total. The molecule has 2 aromatic heterocycles. The number of aliphatic hydroxyl groups is 1. The van der Waals surface area contributed by atoms with E-state index < -0.39 is 0 Å². The van der Waals surface area contributed by atoms with Crippen molar-refractivity contribution in [2.75, 3.05) is 30.0 Å². The first kappa shape index (κ1) is 17.2. The minimum atomic E-state index is 0.00917. The van der Waals surface area contributed by atoms with Crippen LogP contribution in [0.15, 0.2) is 59.6 Å². The van der Waals surface area contributed by atoms with Gasteiger partial charge in [0.15, 0.2) is 0 Å². The van der Waals surface area contributed by atoms with Gasteiger partial charge in [0.1, 0.15) is 5.82 Å². The molecule has 6 nitrogen and oxygen atoms in total. The Morgan fingerprint density at radius 3 is 2.64 bits per heavy atom. The third-order valence-corrected chi connectivity index (χ3v) is 4.21. The largest absolute Gasteiger partial charge is 0.395 e. The summed E-state index contributed by atoms with van der Waals surface area (Å²) < 4.78 is 0. The number of aliphatic hydroxyl groups excluding tert-OH is 1. The molecule has 0 atom stereocenters. The molecule has 0 aliphatic heterocycles. The smallest absolute Gasteiger partial charge is 0.225 e. The lowest BCUT2D eigenvalue weighted by Gasteiger charge is -2.12. The van der Waals surface area contributed by atoms with Gasteiger partial charge in [-0.3, -0.25) is 4.98 Å². The summed E-state index contributed by atoms with van der Waals surface area (Å²) in [5, 5.41) is 15.4. The van der Waals surface area contributed by atoms with Gasteiger partial charge in [-0.1, -0.05) is 18.2 Å². The molecule has 0 fully saturated rings. The highest BCUT2D eigenvalue weighted by Gasteiger charge is 2.09. The van der Waals surface area contributed by atoms with E-state index in [9.17, 15) is 0 Å². The van der Waals surface area contributed by atoms with Crippen LogP contribution < -0.4 is 10.6 Å². The van der Waals surface area contributed by atoms with Crippen molar-refractivity contribution in [1.29, 1.82) is 0 Å². The van der Waals surface area contributed by atoms with Gasteiger partial charge in [0.05, 0.1) is 23.7 Å². The van der Waals surface area contributed by atoms with Crippen molar-refractivity contribution >= 4 is 29.2 Å². The third kappa shape index (κ3) is 4.46. The summed E-state index contributed by atoms with van der Waals surface area (Å²) in [7, 11) is 0. The molecule has 7 heteroatoms. The van der Waals surface area contributed by atoms with Crippen LogP contribution in [0.3, 0.4) is 0 Å². The summed E-state index contributed by atoms with van der Waals surface area (Å²) in [6, 6.07) is 15.6. The molecule has 0 amide bonds. The first-order valence-corrected chi connectivity index (χ1v) is 9.08. The lowest BCUT2D eigenvalue weighted by molar-refractivity contribution is 0.311. The van der Waals surface area contributed by atoms with Gasteiger partial charge in [-0.05, 0) is 30.5 Å². The normalized spacial score (nSPS) is 10.5. The molecule has 128 valence electrons. The highest BCUT2D eigenvalue weighted by molar-refractivity contribution is 7.98. The number of nitrogens with one attached hydrogen (secondary N) is 2. The number of benzene rings is 1. The molecule has 0 spiro atoms. The Kier molecular flexibility index (Phi) is 5.81. The lowest BCUT2D eigenvalue weighted by atomic mass is 10.2. The Labute approximate surface area is 150 Å². The zero-order valence-electron chi connectivity index (χ0n) is 13.8. The number of para-hydroxylation sites is 1. The van der Waals surface area contributed by atoms with Gasteiger partial charge in [0.2, 0.25) is 5.95 Å². The fourth-order valence-electron chi connectivity index (χ4n) is 2.29. The summed E-state index contributed by atoms with van der Waals surface area (Å²) in [5.74, 6) is 1.11. The van der Waals surface area contributed by atoms with Gasteiger partial charge >= 0.3 is 0 Å². The molecule has 0 bridgehead atoms. The number of aromatic nitrogens is 3. The van der Waals surface area contributed by atoms with Crippen LogP contribution in [0.1, 0.15) is 0 Å². The number of hydrogen-bond donors (Lipinski definition) is 3. The number of anilines is 3. The molecule has 3 rings (SSSR count). The van der Waals surface area contributed by atoms with Gasteiger partial charge in [0, 0.05) is 23.7 Å².